The van der Waals surface area contributed by atoms with E-state index in [1.165, 1.54) is 0 Å². The van der Waals surface area contributed by atoms with Crippen LogP contribution in [0, 0.1) is 6.92 Å². The number of hydrogen-bond acceptors (Lipinski definition) is 9. The van der Waals surface area contributed by atoms with Crippen LogP contribution >= 0.6 is 0 Å². The predicted octanol–water partition coefficient (Wildman–Crippen LogP) is 4.22. The molecule has 2 aliphatic rings. The van der Waals surface area contributed by atoms with Gasteiger partial charge in [0.05, 0.1) is 12.9 Å². The number of nitrogens with one attached hydrogen (secondary N) is 2. The molecule has 3 aromatic heterocycles. The Bertz CT molecular complexity index is 1520. The van der Waals surface area contributed by atoms with Gasteiger partial charge in [0.2, 0.25) is 5.91 Å². The minimum absolute atomic E-state index is 0.0104. The van der Waals surface area contributed by atoms with Gasteiger partial charge in [-0.2, -0.15) is 0 Å². The zero-order valence-corrected chi connectivity index (χ0v) is 23.7. The Morgan fingerprint density at radius 2 is 1.98 bits per heavy atom. The van der Waals surface area contributed by atoms with E-state index in [0.29, 0.717) is 23.6 Å². The van der Waals surface area contributed by atoms with E-state index >= 15 is 0 Å². The summed E-state index contributed by atoms with van der Waals surface area (Å²) >= 11 is 0. The average molecular weight is 556 g/mol. The Balaban J connectivity index is 1.22. The van der Waals surface area contributed by atoms with Gasteiger partial charge in [-0.3, -0.25) is 14.3 Å². The van der Waals surface area contributed by atoms with E-state index in [4.69, 9.17) is 4.74 Å². The molecular formula is C30H37N9O2. The number of amides is 1. The van der Waals surface area contributed by atoms with Crippen LogP contribution in [-0.2, 0) is 9.53 Å². The van der Waals surface area contributed by atoms with E-state index in [2.05, 4.69) is 47.4 Å². The zero-order valence-electron chi connectivity index (χ0n) is 23.7. The van der Waals surface area contributed by atoms with Crippen LogP contribution < -0.4 is 10.6 Å². The molecule has 0 bridgehead atoms. The Kier molecular flexibility index (Phi) is 8.17. The Hall–Kier alpha value is -3.93. The number of rotatable bonds is 7. The number of nitrogens with zero attached hydrogens (tertiary/aromatic N) is 7. The molecule has 4 aromatic rings. The Labute approximate surface area is 240 Å². The maximum absolute atomic E-state index is 12.9. The lowest BCUT2D eigenvalue weighted by atomic mass is 10.1. The van der Waals surface area contributed by atoms with Crippen molar-refractivity contribution in [3.05, 3.63) is 54.7 Å². The predicted molar refractivity (Wildman–Crippen MR) is 159 cm³/mol. The van der Waals surface area contributed by atoms with Crippen LogP contribution in [0.5, 0.6) is 0 Å². The first kappa shape index (κ1) is 27.3. The summed E-state index contributed by atoms with van der Waals surface area (Å²) in [6.07, 6.45) is 9.25. The number of hydrogen-bond donors (Lipinski definition) is 2. The van der Waals surface area contributed by atoms with Crippen molar-refractivity contribution in [2.45, 2.75) is 38.8 Å². The van der Waals surface area contributed by atoms with Crippen LogP contribution in [0.1, 0.15) is 37.5 Å². The normalized spacial score (nSPS) is 18.7. The number of carbonyl (C=O) groups is 1. The lowest BCUT2D eigenvalue weighted by molar-refractivity contribution is -0.117. The summed E-state index contributed by atoms with van der Waals surface area (Å²) in [7, 11) is 2.13. The molecule has 2 fully saturated rings. The summed E-state index contributed by atoms with van der Waals surface area (Å²) in [5, 5.41) is 6.56. The first-order valence-corrected chi connectivity index (χ1v) is 14.4. The van der Waals surface area contributed by atoms with Crippen LogP contribution in [0.2, 0.25) is 0 Å². The summed E-state index contributed by atoms with van der Waals surface area (Å²) in [4.78, 5) is 35.9. The summed E-state index contributed by atoms with van der Waals surface area (Å²) < 4.78 is 7.99. The molecule has 1 atom stereocenters. The van der Waals surface area contributed by atoms with Gasteiger partial charge in [-0.1, -0.05) is 6.07 Å². The molecule has 0 saturated carbocycles. The highest BCUT2D eigenvalue weighted by molar-refractivity contribution is 5.94. The highest BCUT2D eigenvalue weighted by Gasteiger charge is 2.22. The second-order valence-corrected chi connectivity index (χ2v) is 10.9. The third kappa shape index (κ3) is 6.22. The van der Waals surface area contributed by atoms with Gasteiger partial charge in [0, 0.05) is 42.8 Å². The van der Waals surface area contributed by atoms with E-state index in [0.717, 1.165) is 86.6 Å². The van der Waals surface area contributed by atoms with Crippen LogP contribution in [0.25, 0.3) is 22.4 Å². The second-order valence-electron chi connectivity index (χ2n) is 10.9. The molecule has 0 spiro atoms. The van der Waals surface area contributed by atoms with Crippen molar-refractivity contribution < 1.29 is 9.53 Å². The first-order valence-electron chi connectivity index (χ1n) is 14.4. The maximum Gasteiger partial charge on any atom is 0.238 e. The fourth-order valence-corrected chi connectivity index (χ4v) is 5.52. The van der Waals surface area contributed by atoms with Gasteiger partial charge >= 0.3 is 0 Å². The molecule has 0 aliphatic carbocycles. The minimum atomic E-state index is -0.0655. The number of anilines is 3. The molecular weight excluding hydrogens is 518 g/mol. The summed E-state index contributed by atoms with van der Waals surface area (Å²) in [5.74, 6) is 0.639. The average Bonchev–Trinajstić information content (AvgIpc) is 3.32. The molecule has 6 rings (SSSR count). The number of aromatic nitrogens is 5. The Morgan fingerprint density at radius 3 is 2.85 bits per heavy atom. The van der Waals surface area contributed by atoms with Crippen LogP contribution in [-0.4, -0.2) is 86.6 Å². The summed E-state index contributed by atoms with van der Waals surface area (Å²) in [6, 6.07) is 9.75. The van der Waals surface area contributed by atoms with E-state index in [1.54, 1.807) is 18.9 Å². The zero-order chi connectivity index (χ0) is 28.2. The second kappa shape index (κ2) is 12.3. The van der Waals surface area contributed by atoms with E-state index in [-0.39, 0.29) is 12.1 Å². The highest BCUT2D eigenvalue weighted by atomic mass is 16.5. The fourth-order valence-electron chi connectivity index (χ4n) is 5.52. The van der Waals surface area contributed by atoms with Crippen molar-refractivity contribution >= 4 is 34.3 Å². The van der Waals surface area contributed by atoms with Crippen molar-refractivity contribution in [3.63, 3.8) is 0 Å². The van der Waals surface area contributed by atoms with Gasteiger partial charge < -0.3 is 20.3 Å². The third-order valence-corrected chi connectivity index (χ3v) is 7.84. The monoisotopic (exact) mass is 555 g/mol. The van der Waals surface area contributed by atoms with Gasteiger partial charge in [-0.15, -0.1) is 0 Å². The number of pyridine rings is 1. The van der Waals surface area contributed by atoms with Gasteiger partial charge in [0.15, 0.2) is 5.65 Å². The van der Waals surface area contributed by atoms with Crippen molar-refractivity contribution in [3.8, 4) is 11.3 Å². The largest absolute Gasteiger partial charge is 0.358 e. The smallest absolute Gasteiger partial charge is 0.238 e. The van der Waals surface area contributed by atoms with E-state index < -0.39 is 0 Å². The quantitative estimate of drug-likeness (QED) is 0.346. The highest BCUT2D eigenvalue weighted by Crippen LogP contribution is 2.34. The number of aryl methyl sites for hydroxylation is 1. The standard InChI is InChI=1S/C30H37N9O2/c1-21-9-10-22(35-25(40)18-38-13-6-12-37(2)14-15-38)17-24(21)36-29-23(7-5-11-31-29)27-28-30(33-19-32-27)39(20-34-28)26-8-3-4-16-41-26/h5,7,9-11,17,19-20,26H,3-4,6,8,12-16,18H2,1-2H3,(H,31,36)(H,35,40). The van der Waals surface area contributed by atoms with Gasteiger partial charge in [-0.25, -0.2) is 19.9 Å². The van der Waals surface area contributed by atoms with Gasteiger partial charge in [0.25, 0.3) is 0 Å². The molecule has 1 unspecified atom stereocenters. The molecule has 2 saturated heterocycles. The van der Waals surface area contributed by atoms with E-state index in [1.807, 2.05) is 41.8 Å². The summed E-state index contributed by atoms with van der Waals surface area (Å²) in [6.45, 7) is 7.03. The van der Waals surface area contributed by atoms with Gasteiger partial charge in [0.1, 0.15) is 29.6 Å². The number of imidazole rings is 1. The topological polar surface area (TPSA) is 113 Å². The lowest BCUT2D eigenvalue weighted by Gasteiger charge is -2.23. The fraction of sp³-hybridized carbons (Fsp3) is 0.433. The number of carbonyl (C=O) groups excluding carboxylic acids is 1. The SMILES string of the molecule is Cc1ccc(NC(=O)CN2CCCN(C)CC2)cc1Nc1ncccc1-c1ncnc2c1ncn2C1CCCCO1. The Morgan fingerprint density at radius 1 is 1.05 bits per heavy atom. The van der Waals surface area contributed by atoms with Crippen LogP contribution in [0.4, 0.5) is 17.2 Å². The first-order chi connectivity index (χ1) is 20.0. The molecule has 1 aromatic carbocycles. The third-order valence-electron chi connectivity index (χ3n) is 7.84. The molecule has 11 nitrogen and oxygen atoms in total. The van der Waals surface area contributed by atoms with Crippen molar-refractivity contribution in [2.24, 2.45) is 0 Å². The summed E-state index contributed by atoms with van der Waals surface area (Å²) in [5.41, 5.74) is 5.58. The van der Waals surface area contributed by atoms with Gasteiger partial charge in [-0.05, 0) is 82.6 Å². The molecule has 11 heteroatoms. The molecule has 5 heterocycles. The number of likely N-dealkylation sites (N-methyl/N-ethyl adjacent to an activating group) is 1. The van der Waals surface area contributed by atoms with Crippen LogP contribution in [0.15, 0.2) is 49.2 Å². The number of ether oxygens (including phenoxy) is 1. The molecule has 41 heavy (non-hydrogen) atoms. The van der Waals surface area contributed by atoms with Crippen LogP contribution in [0.3, 0.4) is 0 Å². The lowest BCUT2D eigenvalue weighted by Crippen LogP contribution is -2.35. The maximum atomic E-state index is 12.9. The number of benzene rings is 1. The molecule has 1 amide bonds. The van der Waals surface area contributed by atoms with Crippen molar-refractivity contribution in [1.82, 2.24) is 34.3 Å². The van der Waals surface area contributed by atoms with Crippen molar-refractivity contribution in [1.29, 1.82) is 0 Å². The van der Waals surface area contributed by atoms with E-state index in [9.17, 15) is 4.79 Å². The van der Waals surface area contributed by atoms with Crippen molar-refractivity contribution in [2.75, 3.05) is 57.0 Å². The molecule has 0 radical (unpaired) electrons. The number of fused-ring (bicyclic) bond motifs is 1. The molecule has 2 N–H and O–H groups in total. The molecule has 2 aliphatic heterocycles. The minimum Gasteiger partial charge on any atom is -0.358 e. The molecule has 214 valence electrons.